The Labute approximate surface area is 328 Å². The minimum Gasteiger partial charge on any atom is -0.457 e. The molecule has 1 aliphatic heterocycles. The fourth-order valence-corrected chi connectivity index (χ4v) is 6.08. The fraction of sp³-hybridized carbons (Fsp3) is 0.756. The molecule has 6 atom stereocenters. The summed E-state index contributed by atoms with van der Waals surface area (Å²) in [6.45, 7) is 4.28. The van der Waals surface area contributed by atoms with Gasteiger partial charge in [-0.25, -0.2) is 0 Å². The molecule has 0 spiro atoms. The summed E-state index contributed by atoms with van der Waals surface area (Å²) in [6.07, 6.45) is 38.3. The van der Waals surface area contributed by atoms with E-state index in [-0.39, 0.29) is 19.2 Å². The summed E-state index contributed by atoms with van der Waals surface area (Å²) in [5, 5.41) is 40.0. The summed E-state index contributed by atoms with van der Waals surface area (Å²) in [5.74, 6) is -0.339. The average molecular weight is 763 g/mol. The van der Waals surface area contributed by atoms with Gasteiger partial charge in [0.15, 0.2) is 6.29 Å². The summed E-state index contributed by atoms with van der Waals surface area (Å²) in [5.41, 5.74) is 0. The molecule has 0 aliphatic carbocycles. The third-order valence-electron chi connectivity index (χ3n) is 9.42. The predicted octanol–water partition coefficient (Wildman–Crippen LogP) is 9.13. The lowest BCUT2D eigenvalue weighted by atomic mass is 9.99. The van der Waals surface area contributed by atoms with Crippen LogP contribution in [0.25, 0.3) is 0 Å². The Morgan fingerprint density at radius 1 is 0.611 bits per heavy atom. The summed E-state index contributed by atoms with van der Waals surface area (Å²) in [6, 6.07) is 0. The quantitative estimate of drug-likeness (QED) is 0.0283. The standard InChI is InChI=1S/C45H78O9/c1-3-5-7-9-11-13-15-17-19-20-21-22-24-26-28-30-32-34-41(47)53-39(38-52-45-44(50)43(49)42(48)40(36-46)54-45)37-51-35-33-31-29-27-25-23-18-16-14-12-10-8-6-4-2/h6,8,12,14,17-19,23,27,29,39-40,42-46,48-50H,3-5,7,9-11,13,15-16,20-22,24-26,28,30-38H2,1-2H3/b8-6-,14-12-,19-17-,23-18-,29-27-. The minimum absolute atomic E-state index is 0.103. The van der Waals surface area contributed by atoms with Gasteiger partial charge in [0.25, 0.3) is 0 Å². The molecule has 0 radical (unpaired) electrons. The highest BCUT2D eigenvalue weighted by molar-refractivity contribution is 5.69. The number of aliphatic hydroxyl groups is 4. The number of aliphatic hydroxyl groups excluding tert-OH is 4. The molecule has 0 aromatic rings. The molecule has 0 saturated carbocycles. The van der Waals surface area contributed by atoms with E-state index >= 15 is 0 Å². The second-order valence-electron chi connectivity index (χ2n) is 14.4. The first-order valence-electron chi connectivity index (χ1n) is 21.4. The van der Waals surface area contributed by atoms with E-state index in [2.05, 4.69) is 74.6 Å². The third kappa shape index (κ3) is 27.5. The number of hydrogen-bond acceptors (Lipinski definition) is 9. The lowest BCUT2D eigenvalue weighted by Gasteiger charge is -2.39. The smallest absolute Gasteiger partial charge is 0.306 e. The van der Waals surface area contributed by atoms with E-state index in [0.29, 0.717) is 13.0 Å². The van der Waals surface area contributed by atoms with Gasteiger partial charge in [-0.3, -0.25) is 4.79 Å². The summed E-state index contributed by atoms with van der Waals surface area (Å²) >= 11 is 0. The zero-order valence-corrected chi connectivity index (χ0v) is 34.0. The predicted molar refractivity (Wildman–Crippen MR) is 219 cm³/mol. The van der Waals surface area contributed by atoms with Crippen molar-refractivity contribution in [3.8, 4) is 0 Å². The van der Waals surface area contributed by atoms with Crippen molar-refractivity contribution in [2.24, 2.45) is 0 Å². The van der Waals surface area contributed by atoms with Crippen LogP contribution in [0.1, 0.15) is 155 Å². The molecule has 0 aromatic heterocycles. The molecular formula is C45H78O9. The molecule has 54 heavy (non-hydrogen) atoms. The Morgan fingerprint density at radius 2 is 1.13 bits per heavy atom. The monoisotopic (exact) mass is 763 g/mol. The fourth-order valence-electron chi connectivity index (χ4n) is 6.08. The van der Waals surface area contributed by atoms with Gasteiger partial charge in [-0.2, -0.15) is 0 Å². The number of allylic oxidation sites excluding steroid dienone is 10. The highest BCUT2D eigenvalue weighted by Crippen LogP contribution is 2.22. The molecular weight excluding hydrogens is 684 g/mol. The molecule has 9 nitrogen and oxygen atoms in total. The van der Waals surface area contributed by atoms with Crippen molar-refractivity contribution < 1.29 is 44.2 Å². The second-order valence-corrected chi connectivity index (χ2v) is 14.4. The van der Waals surface area contributed by atoms with Gasteiger partial charge in [-0.15, -0.1) is 0 Å². The lowest BCUT2D eigenvalue weighted by molar-refractivity contribution is -0.305. The lowest BCUT2D eigenvalue weighted by Crippen LogP contribution is -2.59. The topological polar surface area (TPSA) is 135 Å². The van der Waals surface area contributed by atoms with Crippen molar-refractivity contribution in [3.63, 3.8) is 0 Å². The number of rotatable bonds is 35. The number of esters is 1. The number of unbranched alkanes of at least 4 members (excludes halogenated alkanes) is 14. The molecule has 9 heteroatoms. The van der Waals surface area contributed by atoms with Crippen LogP contribution in [-0.2, 0) is 23.7 Å². The van der Waals surface area contributed by atoms with Crippen LogP contribution in [0.4, 0.5) is 0 Å². The maximum absolute atomic E-state index is 12.7. The van der Waals surface area contributed by atoms with Gasteiger partial charge in [0.2, 0.25) is 0 Å². The first-order chi connectivity index (χ1) is 26.4. The zero-order chi connectivity index (χ0) is 39.3. The Bertz CT molecular complexity index is 1010. The van der Waals surface area contributed by atoms with Gasteiger partial charge in [0, 0.05) is 13.0 Å². The van der Waals surface area contributed by atoms with Crippen molar-refractivity contribution in [3.05, 3.63) is 60.8 Å². The molecule has 1 rings (SSSR count). The third-order valence-corrected chi connectivity index (χ3v) is 9.42. The van der Waals surface area contributed by atoms with Gasteiger partial charge >= 0.3 is 5.97 Å². The zero-order valence-electron chi connectivity index (χ0n) is 34.0. The average Bonchev–Trinajstić information content (AvgIpc) is 3.17. The van der Waals surface area contributed by atoms with Crippen LogP contribution in [0.15, 0.2) is 60.8 Å². The number of carbonyl (C=O) groups excluding carboxylic acids is 1. The first-order valence-corrected chi connectivity index (χ1v) is 21.4. The van der Waals surface area contributed by atoms with E-state index in [9.17, 15) is 25.2 Å². The van der Waals surface area contributed by atoms with Crippen molar-refractivity contribution in [1.82, 2.24) is 0 Å². The maximum Gasteiger partial charge on any atom is 0.306 e. The molecule has 6 unspecified atom stereocenters. The van der Waals surface area contributed by atoms with Crippen LogP contribution in [0.5, 0.6) is 0 Å². The van der Waals surface area contributed by atoms with E-state index in [4.69, 9.17) is 18.9 Å². The second kappa shape index (κ2) is 36.5. The van der Waals surface area contributed by atoms with Crippen LogP contribution >= 0.6 is 0 Å². The number of ether oxygens (including phenoxy) is 4. The largest absolute Gasteiger partial charge is 0.457 e. The molecule has 1 aliphatic rings. The Balaban J connectivity index is 2.33. The van der Waals surface area contributed by atoms with E-state index in [1.165, 1.54) is 70.6 Å². The van der Waals surface area contributed by atoms with Gasteiger partial charge in [-0.05, 0) is 70.6 Å². The van der Waals surface area contributed by atoms with Crippen LogP contribution in [-0.4, -0.2) is 89.6 Å². The van der Waals surface area contributed by atoms with Crippen LogP contribution in [0.3, 0.4) is 0 Å². The molecule has 1 heterocycles. The SMILES string of the molecule is CC/C=C\C/C=C\C/C=C\C/C=C\CCCOCC(COC1OC(CO)C(O)C(O)C1O)OC(=O)CCCCCCCCC/C=C\CCCCCCCC. The highest BCUT2D eigenvalue weighted by atomic mass is 16.7. The van der Waals surface area contributed by atoms with Crippen LogP contribution < -0.4 is 0 Å². The van der Waals surface area contributed by atoms with Gasteiger partial charge in [-0.1, -0.05) is 139 Å². The van der Waals surface area contributed by atoms with Gasteiger partial charge in [0.1, 0.15) is 30.5 Å². The maximum atomic E-state index is 12.7. The van der Waals surface area contributed by atoms with Gasteiger partial charge < -0.3 is 39.4 Å². The Kier molecular flexibility index (Phi) is 33.8. The molecule has 0 amide bonds. The number of hydrogen-bond donors (Lipinski definition) is 4. The Hall–Kier alpha value is -2.11. The summed E-state index contributed by atoms with van der Waals surface area (Å²) in [4.78, 5) is 12.7. The Morgan fingerprint density at radius 3 is 1.72 bits per heavy atom. The molecule has 1 saturated heterocycles. The van der Waals surface area contributed by atoms with E-state index in [1.54, 1.807) is 0 Å². The van der Waals surface area contributed by atoms with Crippen molar-refractivity contribution in [2.75, 3.05) is 26.4 Å². The van der Waals surface area contributed by atoms with Crippen molar-refractivity contribution in [2.45, 2.75) is 192 Å². The number of carbonyl (C=O) groups is 1. The molecule has 1 fully saturated rings. The van der Waals surface area contributed by atoms with Gasteiger partial charge in [0.05, 0.1) is 19.8 Å². The highest BCUT2D eigenvalue weighted by Gasteiger charge is 2.44. The summed E-state index contributed by atoms with van der Waals surface area (Å²) < 4.78 is 22.7. The van der Waals surface area contributed by atoms with E-state index in [1.807, 2.05) is 0 Å². The normalized spacial score (nSPS) is 21.5. The van der Waals surface area contributed by atoms with Crippen molar-refractivity contribution >= 4 is 5.97 Å². The summed E-state index contributed by atoms with van der Waals surface area (Å²) in [7, 11) is 0. The molecule has 4 N–H and O–H groups in total. The van der Waals surface area contributed by atoms with E-state index < -0.39 is 43.4 Å². The first kappa shape index (κ1) is 49.9. The molecule has 0 aromatic carbocycles. The van der Waals surface area contributed by atoms with Crippen molar-refractivity contribution in [1.29, 1.82) is 0 Å². The van der Waals surface area contributed by atoms with Crippen LogP contribution in [0.2, 0.25) is 0 Å². The molecule has 0 bridgehead atoms. The van der Waals surface area contributed by atoms with E-state index in [0.717, 1.165) is 64.2 Å². The molecule has 312 valence electrons. The van der Waals surface area contributed by atoms with Crippen LogP contribution in [0, 0.1) is 0 Å². The minimum atomic E-state index is -1.55.